The average Bonchev–Trinajstić information content (AvgIpc) is 2.77. The minimum atomic E-state index is -0.812. The van der Waals surface area contributed by atoms with Gasteiger partial charge in [0.15, 0.2) is 0 Å². The van der Waals surface area contributed by atoms with Crippen LogP contribution in [0.2, 0.25) is 0 Å². The summed E-state index contributed by atoms with van der Waals surface area (Å²) in [6, 6.07) is 0.0538. The van der Waals surface area contributed by atoms with Gasteiger partial charge in [0.05, 0.1) is 23.2 Å². The molecule has 33 heavy (non-hydrogen) atoms. The second-order valence-corrected chi connectivity index (χ2v) is 10.4. The van der Waals surface area contributed by atoms with Gasteiger partial charge < -0.3 is 15.5 Å². The van der Waals surface area contributed by atoms with E-state index in [4.69, 9.17) is 5.73 Å². The van der Waals surface area contributed by atoms with Crippen LogP contribution in [0, 0.1) is 45.6 Å². The van der Waals surface area contributed by atoms with E-state index in [0.29, 0.717) is 19.4 Å². The van der Waals surface area contributed by atoms with Crippen LogP contribution in [0.1, 0.15) is 39.0 Å². The molecule has 3 fully saturated rings. The van der Waals surface area contributed by atoms with Crippen LogP contribution in [-0.2, 0) is 14.4 Å². The molecular formula is C24H34N4O5. The van der Waals surface area contributed by atoms with Gasteiger partial charge in [0, 0.05) is 43.2 Å². The van der Waals surface area contributed by atoms with E-state index < -0.39 is 17.7 Å². The van der Waals surface area contributed by atoms with Gasteiger partial charge in [-0.15, -0.1) is 0 Å². The summed E-state index contributed by atoms with van der Waals surface area (Å²) in [7, 11) is 5.83. The molecule has 9 nitrogen and oxygen atoms in total. The second-order valence-electron chi connectivity index (χ2n) is 10.4. The Morgan fingerprint density at radius 1 is 1.12 bits per heavy atom. The number of amides is 1. The fraction of sp³-hybridized carbons (Fsp3) is 0.708. The molecule has 0 aromatic heterocycles. The van der Waals surface area contributed by atoms with Gasteiger partial charge >= 0.3 is 0 Å². The van der Waals surface area contributed by atoms with Gasteiger partial charge in [0.1, 0.15) is 11.6 Å². The summed E-state index contributed by atoms with van der Waals surface area (Å²) in [6.07, 6.45) is 4.06. The summed E-state index contributed by atoms with van der Waals surface area (Å²) in [5, 5.41) is 11.6. The maximum atomic E-state index is 13.7. The van der Waals surface area contributed by atoms with Crippen molar-refractivity contribution in [2.45, 2.75) is 45.1 Å². The lowest BCUT2D eigenvalue weighted by molar-refractivity contribution is -0.429. The van der Waals surface area contributed by atoms with Crippen molar-refractivity contribution in [1.29, 1.82) is 0 Å². The number of likely N-dealkylation sites (N-methyl/N-ethyl adjacent to an activating group) is 1. The number of primary amides is 1. The first-order valence-corrected chi connectivity index (χ1v) is 11.9. The highest BCUT2D eigenvalue weighted by atomic mass is 16.6. The molecule has 4 aliphatic rings. The topological polar surface area (TPSA) is 127 Å². The quantitative estimate of drug-likeness (QED) is 0.377. The van der Waals surface area contributed by atoms with Gasteiger partial charge in [-0.2, -0.15) is 0 Å². The average molecular weight is 459 g/mol. The summed E-state index contributed by atoms with van der Waals surface area (Å²) in [5.74, 6) is -2.51. The summed E-state index contributed by atoms with van der Waals surface area (Å²) < 4.78 is 0. The molecule has 0 radical (unpaired) electrons. The maximum Gasteiger partial charge on any atom is 0.249 e. The summed E-state index contributed by atoms with van der Waals surface area (Å²) in [4.78, 5) is 54.2. The summed E-state index contributed by atoms with van der Waals surface area (Å²) in [5.41, 5.74) is 7.43. The van der Waals surface area contributed by atoms with Crippen LogP contribution in [0.5, 0.6) is 0 Å². The smallest absolute Gasteiger partial charge is 0.249 e. The number of carbonyl (C=O) groups is 3. The SMILES string of the molecule is CCN(C)C1=C2CC3CC4[C@@H](CC3C(=O)C2CC([N+](=O)[O-])=C1)C(=O)C(C(N)=O)C[C@@H]4N(C)C. The molecule has 3 saturated carbocycles. The normalized spacial score (nSPS) is 36.0. The third-order valence-corrected chi connectivity index (χ3v) is 8.63. The second kappa shape index (κ2) is 8.66. The Kier molecular flexibility index (Phi) is 6.20. The number of nitrogens with zero attached hydrogens (tertiary/aromatic N) is 3. The molecule has 0 aromatic rings. The molecule has 7 atom stereocenters. The van der Waals surface area contributed by atoms with Crippen LogP contribution in [0.4, 0.5) is 0 Å². The predicted octanol–water partition coefficient (Wildman–Crippen LogP) is 1.61. The van der Waals surface area contributed by atoms with E-state index in [1.54, 1.807) is 6.08 Å². The van der Waals surface area contributed by atoms with Crippen molar-refractivity contribution in [3.05, 3.63) is 33.2 Å². The zero-order chi connectivity index (χ0) is 24.2. The molecule has 5 unspecified atom stereocenters. The Balaban J connectivity index is 1.71. The van der Waals surface area contributed by atoms with E-state index in [1.807, 2.05) is 33.0 Å². The summed E-state index contributed by atoms with van der Waals surface area (Å²) >= 11 is 0. The van der Waals surface area contributed by atoms with Crippen molar-refractivity contribution < 1.29 is 19.3 Å². The highest BCUT2D eigenvalue weighted by Gasteiger charge is 2.55. The number of allylic oxidation sites excluding steroid dienone is 3. The van der Waals surface area contributed by atoms with Gasteiger partial charge in [-0.3, -0.25) is 24.5 Å². The molecule has 0 aromatic carbocycles. The van der Waals surface area contributed by atoms with Crippen LogP contribution in [0.3, 0.4) is 0 Å². The molecule has 0 saturated heterocycles. The zero-order valence-corrected chi connectivity index (χ0v) is 19.8. The minimum Gasteiger partial charge on any atom is -0.375 e. The number of Topliss-reactive ketones (excluding diaryl/α,β-unsaturated/α-hetero) is 2. The lowest BCUT2D eigenvalue weighted by Crippen LogP contribution is -2.57. The number of nitrogens with two attached hydrogens (primary N) is 1. The number of rotatable bonds is 5. The van der Waals surface area contributed by atoms with Crippen molar-refractivity contribution in [2.24, 2.45) is 41.2 Å². The molecule has 4 aliphatic carbocycles. The number of ketones is 2. The number of hydrogen-bond donors (Lipinski definition) is 1. The third kappa shape index (κ3) is 3.90. The standard InChI is InChI=1S/C24H34N4O5/c1-5-27(4)21-9-13(28(32)33)8-17-16(21)7-12-6-15-18(10-14(12)22(17)29)23(30)19(24(25)31)11-20(15)26(2)3/h9,12,14-15,17-20H,5-8,10-11H2,1-4H3,(H2,25,31)/t12?,14?,15?,17?,18-,19?,20+/m1/s1. The van der Waals surface area contributed by atoms with E-state index >= 15 is 0 Å². The molecule has 180 valence electrons. The Morgan fingerprint density at radius 2 is 1.82 bits per heavy atom. The number of fused-ring (bicyclic) bond motifs is 3. The van der Waals surface area contributed by atoms with E-state index in [2.05, 4.69) is 4.90 Å². The summed E-state index contributed by atoms with van der Waals surface area (Å²) in [6.45, 7) is 2.67. The van der Waals surface area contributed by atoms with E-state index in [1.165, 1.54) is 0 Å². The molecule has 9 heteroatoms. The lowest BCUT2D eigenvalue weighted by Gasteiger charge is -2.52. The van der Waals surface area contributed by atoms with Crippen molar-refractivity contribution in [3.8, 4) is 0 Å². The van der Waals surface area contributed by atoms with E-state index in [9.17, 15) is 24.5 Å². The third-order valence-electron chi connectivity index (χ3n) is 8.63. The largest absolute Gasteiger partial charge is 0.375 e. The number of carbonyl (C=O) groups excluding carboxylic acids is 3. The Bertz CT molecular complexity index is 955. The van der Waals surface area contributed by atoms with Gasteiger partial charge in [0.2, 0.25) is 11.6 Å². The first kappa shape index (κ1) is 23.6. The number of nitro groups is 1. The minimum absolute atomic E-state index is 0.0181. The van der Waals surface area contributed by atoms with E-state index in [-0.39, 0.29) is 58.3 Å². The number of hydrogen-bond acceptors (Lipinski definition) is 7. The van der Waals surface area contributed by atoms with Crippen LogP contribution in [-0.4, -0.2) is 65.9 Å². The van der Waals surface area contributed by atoms with Crippen molar-refractivity contribution in [1.82, 2.24) is 9.80 Å². The molecular weight excluding hydrogens is 424 g/mol. The molecule has 2 N–H and O–H groups in total. The van der Waals surface area contributed by atoms with Gasteiger partial charge in [-0.25, -0.2) is 0 Å². The van der Waals surface area contributed by atoms with E-state index in [0.717, 1.165) is 24.1 Å². The molecule has 0 bridgehead atoms. The highest BCUT2D eigenvalue weighted by Crippen LogP contribution is 2.53. The predicted molar refractivity (Wildman–Crippen MR) is 121 cm³/mol. The van der Waals surface area contributed by atoms with Crippen LogP contribution >= 0.6 is 0 Å². The van der Waals surface area contributed by atoms with Gasteiger partial charge in [-0.05, 0) is 64.1 Å². The molecule has 0 heterocycles. The van der Waals surface area contributed by atoms with Gasteiger partial charge in [-0.1, -0.05) is 0 Å². The monoisotopic (exact) mass is 458 g/mol. The Hall–Kier alpha value is -2.55. The van der Waals surface area contributed by atoms with Crippen LogP contribution < -0.4 is 5.73 Å². The lowest BCUT2D eigenvalue weighted by atomic mass is 9.53. The zero-order valence-electron chi connectivity index (χ0n) is 19.8. The van der Waals surface area contributed by atoms with Crippen LogP contribution in [0.25, 0.3) is 0 Å². The highest BCUT2D eigenvalue weighted by molar-refractivity contribution is 6.03. The molecule has 4 rings (SSSR count). The van der Waals surface area contributed by atoms with Gasteiger partial charge in [0.25, 0.3) is 0 Å². The van der Waals surface area contributed by atoms with Crippen molar-refractivity contribution >= 4 is 17.5 Å². The maximum absolute atomic E-state index is 13.7. The van der Waals surface area contributed by atoms with Crippen molar-refractivity contribution in [3.63, 3.8) is 0 Å². The van der Waals surface area contributed by atoms with Crippen LogP contribution in [0.15, 0.2) is 23.0 Å². The molecule has 0 aliphatic heterocycles. The fourth-order valence-corrected chi connectivity index (χ4v) is 6.82. The molecule has 1 amide bonds. The fourth-order valence-electron chi connectivity index (χ4n) is 6.82. The van der Waals surface area contributed by atoms with Crippen molar-refractivity contribution in [2.75, 3.05) is 27.7 Å². The molecule has 0 spiro atoms. The Morgan fingerprint density at radius 3 is 2.39 bits per heavy atom. The first-order chi connectivity index (χ1) is 15.5. The Labute approximate surface area is 194 Å². The first-order valence-electron chi connectivity index (χ1n) is 11.9.